The van der Waals surface area contributed by atoms with Gasteiger partial charge in [-0.2, -0.15) is 0 Å². The molecule has 0 saturated carbocycles. The Hall–Kier alpha value is -1.76. The van der Waals surface area contributed by atoms with E-state index in [9.17, 15) is 0 Å². The van der Waals surface area contributed by atoms with Gasteiger partial charge in [0.25, 0.3) is 0 Å². The van der Waals surface area contributed by atoms with Crippen LogP contribution in [0, 0.1) is 6.92 Å². The predicted octanol–water partition coefficient (Wildman–Crippen LogP) is 3.73. The summed E-state index contributed by atoms with van der Waals surface area (Å²) in [5.74, 6) is 0. The molecule has 0 saturated heterocycles. The van der Waals surface area contributed by atoms with Crippen LogP contribution in [0.25, 0.3) is 0 Å². The molecule has 2 N–H and O–H groups in total. The Labute approximate surface area is 103 Å². The molecule has 0 bridgehead atoms. The molecular weight excluding hydrogens is 206 g/mol. The van der Waals surface area contributed by atoms with Gasteiger partial charge in [0, 0.05) is 5.69 Å². The fourth-order valence-electron chi connectivity index (χ4n) is 1.98. The van der Waals surface area contributed by atoms with Gasteiger partial charge in [0.2, 0.25) is 0 Å². The molecule has 0 unspecified atom stereocenters. The van der Waals surface area contributed by atoms with E-state index in [4.69, 9.17) is 5.73 Å². The Balaban J connectivity index is 2.16. The van der Waals surface area contributed by atoms with Crippen molar-refractivity contribution >= 4 is 5.69 Å². The quantitative estimate of drug-likeness (QED) is 0.791. The first-order valence-electron chi connectivity index (χ1n) is 6.12. The number of hydrogen-bond acceptors (Lipinski definition) is 1. The summed E-state index contributed by atoms with van der Waals surface area (Å²) < 4.78 is 0. The van der Waals surface area contributed by atoms with Gasteiger partial charge in [-0.25, -0.2) is 0 Å². The lowest BCUT2D eigenvalue weighted by Gasteiger charge is -2.06. The third-order valence-electron chi connectivity index (χ3n) is 3.17. The highest BCUT2D eigenvalue weighted by atomic mass is 14.5. The maximum absolute atomic E-state index is 5.82. The fraction of sp³-hybridized carbons (Fsp3) is 0.250. The Bertz CT molecular complexity index is 497. The molecule has 1 heteroatoms. The molecule has 88 valence electrons. The second-order valence-corrected chi connectivity index (χ2v) is 4.54. The number of benzene rings is 2. The molecule has 0 aliphatic rings. The Morgan fingerprint density at radius 3 is 2.06 bits per heavy atom. The van der Waals surface area contributed by atoms with Crippen LogP contribution in [0.3, 0.4) is 0 Å². The summed E-state index contributed by atoms with van der Waals surface area (Å²) in [5.41, 5.74) is 11.9. The average Bonchev–Trinajstić information content (AvgIpc) is 2.35. The van der Waals surface area contributed by atoms with Gasteiger partial charge in [0.1, 0.15) is 0 Å². The predicted molar refractivity (Wildman–Crippen MR) is 74.2 cm³/mol. The summed E-state index contributed by atoms with van der Waals surface area (Å²) in [6.45, 7) is 4.23. The lowest BCUT2D eigenvalue weighted by Crippen LogP contribution is -1.93. The highest BCUT2D eigenvalue weighted by Gasteiger charge is 1.99. The van der Waals surface area contributed by atoms with E-state index < -0.39 is 0 Å². The lowest BCUT2D eigenvalue weighted by atomic mass is 10.0. The summed E-state index contributed by atoms with van der Waals surface area (Å²) in [6, 6.07) is 15.1. The van der Waals surface area contributed by atoms with E-state index in [0.29, 0.717) is 0 Å². The van der Waals surface area contributed by atoms with Crippen molar-refractivity contribution in [3.05, 3.63) is 64.7 Å². The van der Waals surface area contributed by atoms with Crippen LogP contribution in [0.2, 0.25) is 0 Å². The first-order valence-corrected chi connectivity index (χ1v) is 6.12. The highest BCUT2D eigenvalue weighted by Crippen LogP contribution is 2.16. The standard InChI is InChI=1S/C16H19N/c1-3-13-4-6-14(7-5-13)11-15-8-9-16(17)12(2)10-15/h4-10H,3,11,17H2,1-2H3. The zero-order valence-electron chi connectivity index (χ0n) is 10.5. The van der Waals surface area contributed by atoms with Crippen molar-refractivity contribution < 1.29 is 0 Å². The second kappa shape index (κ2) is 5.05. The van der Waals surface area contributed by atoms with Crippen LogP contribution in [0.5, 0.6) is 0 Å². The van der Waals surface area contributed by atoms with Crippen LogP contribution in [-0.2, 0) is 12.8 Å². The van der Waals surface area contributed by atoms with Crippen LogP contribution < -0.4 is 5.73 Å². The number of hydrogen-bond donors (Lipinski definition) is 1. The molecule has 0 amide bonds. The summed E-state index contributed by atoms with van der Waals surface area (Å²) in [5, 5.41) is 0. The first-order chi connectivity index (χ1) is 8.19. The van der Waals surface area contributed by atoms with Gasteiger partial charge in [0.15, 0.2) is 0 Å². The number of nitrogen functional groups attached to an aromatic ring is 1. The highest BCUT2D eigenvalue weighted by molar-refractivity contribution is 5.48. The lowest BCUT2D eigenvalue weighted by molar-refractivity contribution is 1.12. The van der Waals surface area contributed by atoms with Gasteiger partial charge < -0.3 is 5.73 Å². The van der Waals surface area contributed by atoms with Crippen molar-refractivity contribution in [2.45, 2.75) is 26.7 Å². The summed E-state index contributed by atoms with van der Waals surface area (Å²) in [4.78, 5) is 0. The summed E-state index contributed by atoms with van der Waals surface area (Å²) in [6.07, 6.45) is 2.08. The second-order valence-electron chi connectivity index (χ2n) is 4.54. The third-order valence-corrected chi connectivity index (χ3v) is 3.17. The normalized spacial score (nSPS) is 10.5. The van der Waals surface area contributed by atoms with Crippen LogP contribution in [-0.4, -0.2) is 0 Å². The minimum atomic E-state index is 0.870. The van der Waals surface area contributed by atoms with Gasteiger partial charge in [-0.3, -0.25) is 0 Å². The monoisotopic (exact) mass is 225 g/mol. The topological polar surface area (TPSA) is 26.0 Å². The molecule has 17 heavy (non-hydrogen) atoms. The van der Waals surface area contributed by atoms with Gasteiger partial charge >= 0.3 is 0 Å². The molecule has 0 spiro atoms. The number of nitrogens with two attached hydrogens (primary N) is 1. The van der Waals surface area contributed by atoms with Gasteiger partial charge in [-0.05, 0) is 48.1 Å². The minimum absolute atomic E-state index is 0.870. The zero-order valence-corrected chi connectivity index (χ0v) is 10.5. The average molecular weight is 225 g/mol. The Morgan fingerprint density at radius 1 is 0.882 bits per heavy atom. The zero-order chi connectivity index (χ0) is 12.3. The Morgan fingerprint density at radius 2 is 1.47 bits per heavy atom. The van der Waals surface area contributed by atoms with E-state index in [-0.39, 0.29) is 0 Å². The van der Waals surface area contributed by atoms with Crippen molar-refractivity contribution in [2.24, 2.45) is 0 Å². The van der Waals surface area contributed by atoms with Crippen molar-refractivity contribution in [2.75, 3.05) is 5.73 Å². The SMILES string of the molecule is CCc1ccc(Cc2ccc(N)c(C)c2)cc1. The fourth-order valence-corrected chi connectivity index (χ4v) is 1.98. The van der Waals surface area contributed by atoms with Crippen LogP contribution in [0.1, 0.15) is 29.2 Å². The molecule has 0 aliphatic carbocycles. The molecule has 2 rings (SSSR count). The third kappa shape index (κ3) is 2.88. The van der Waals surface area contributed by atoms with E-state index >= 15 is 0 Å². The molecule has 0 atom stereocenters. The number of anilines is 1. The van der Waals surface area contributed by atoms with E-state index in [2.05, 4.69) is 50.2 Å². The van der Waals surface area contributed by atoms with E-state index in [0.717, 1.165) is 24.1 Å². The maximum Gasteiger partial charge on any atom is 0.0343 e. The molecule has 0 radical (unpaired) electrons. The van der Waals surface area contributed by atoms with Crippen molar-refractivity contribution in [1.29, 1.82) is 0 Å². The number of aryl methyl sites for hydroxylation is 2. The molecule has 0 fully saturated rings. The minimum Gasteiger partial charge on any atom is -0.399 e. The van der Waals surface area contributed by atoms with E-state index in [1.807, 2.05) is 6.07 Å². The van der Waals surface area contributed by atoms with Crippen LogP contribution >= 0.6 is 0 Å². The Kier molecular flexibility index (Phi) is 3.48. The van der Waals surface area contributed by atoms with Crippen molar-refractivity contribution in [3.8, 4) is 0 Å². The molecule has 0 aromatic heterocycles. The van der Waals surface area contributed by atoms with Gasteiger partial charge in [-0.1, -0.05) is 43.3 Å². The first kappa shape index (κ1) is 11.7. The van der Waals surface area contributed by atoms with Gasteiger partial charge in [-0.15, -0.1) is 0 Å². The molecule has 2 aromatic rings. The summed E-state index contributed by atoms with van der Waals surface area (Å²) >= 11 is 0. The van der Waals surface area contributed by atoms with Crippen molar-refractivity contribution in [1.82, 2.24) is 0 Å². The number of rotatable bonds is 3. The maximum atomic E-state index is 5.82. The van der Waals surface area contributed by atoms with Crippen molar-refractivity contribution in [3.63, 3.8) is 0 Å². The molecule has 2 aromatic carbocycles. The molecular formula is C16H19N. The largest absolute Gasteiger partial charge is 0.399 e. The smallest absolute Gasteiger partial charge is 0.0343 e. The molecule has 0 heterocycles. The molecule has 1 nitrogen and oxygen atoms in total. The van der Waals surface area contributed by atoms with Crippen LogP contribution in [0.4, 0.5) is 5.69 Å². The molecule has 0 aliphatic heterocycles. The van der Waals surface area contributed by atoms with Gasteiger partial charge in [0.05, 0.1) is 0 Å². The van der Waals surface area contributed by atoms with Crippen LogP contribution in [0.15, 0.2) is 42.5 Å². The van der Waals surface area contributed by atoms with E-state index in [1.54, 1.807) is 0 Å². The summed E-state index contributed by atoms with van der Waals surface area (Å²) in [7, 11) is 0. The van der Waals surface area contributed by atoms with E-state index in [1.165, 1.54) is 16.7 Å².